The molecular formula is C13H19ClN2O3S. The number of alkyl halides is 1. The van der Waals surface area contributed by atoms with Crippen molar-refractivity contribution in [3.8, 4) is 0 Å². The van der Waals surface area contributed by atoms with Crippen molar-refractivity contribution in [3.05, 3.63) is 24.3 Å². The van der Waals surface area contributed by atoms with Gasteiger partial charge in [0.2, 0.25) is 15.9 Å². The van der Waals surface area contributed by atoms with Crippen LogP contribution in [0.3, 0.4) is 0 Å². The van der Waals surface area contributed by atoms with Gasteiger partial charge in [-0.25, -0.2) is 8.42 Å². The minimum Gasteiger partial charge on any atom is -0.326 e. The van der Waals surface area contributed by atoms with Crippen LogP contribution in [-0.4, -0.2) is 37.1 Å². The quantitative estimate of drug-likeness (QED) is 0.847. The van der Waals surface area contributed by atoms with Crippen molar-refractivity contribution in [1.82, 2.24) is 4.31 Å². The molecule has 0 saturated heterocycles. The molecule has 1 aromatic rings. The Bertz CT molecular complexity index is 582. The molecule has 112 valence electrons. The number of nitrogens with zero attached hydrogens (tertiary/aromatic N) is 1. The molecule has 0 heterocycles. The molecule has 0 spiro atoms. The van der Waals surface area contributed by atoms with Gasteiger partial charge in [-0.1, -0.05) is 0 Å². The van der Waals surface area contributed by atoms with Crippen LogP contribution < -0.4 is 5.32 Å². The zero-order valence-electron chi connectivity index (χ0n) is 12.0. The van der Waals surface area contributed by atoms with Crippen LogP contribution in [0, 0.1) is 0 Å². The zero-order valence-corrected chi connectivity index (χ0v) is 13.5. The summed E-state index contributed by atoms with van der Waals surface area (Å²) in [6.07, 6.45) is 0. The highest BCUT2D eigenvalue weighted by atomic mass is 35.5. The van der Waals surface area contributed by atoms with Crippen molar-refractivity contribution in [1.29, 1.82) is 0 Å². The minimum atomic E-state index is -3.62. The van der Waals surface area contributed by atoms with E-state index in [0.717, 1.165) is 0 Å². The fourth-order valence-electron chi connectivity index (χ4n) is 1.48. The Morgan fingerprint density at radius 2 is 1.80 bits per heavy atom. The third-order valence-electron chi connectivity index (χ3n) is 3.01. The third-order valence-corrected chi connectivity index (χ3v) is 5.75. The van der Waals surface area contributed by atoms with Gasteiger partial charge < -0.3 is 5.32 Å². The molecule has 0 bridgehead atoms. The largest absolute Gasteiger partial charge is 0.326 e. The van der Waals surface area contributed by atoms with Gasteiger partial charge in [-0.2, -0.15) is 4.31 Å². The standard InChI is InChI=1S/C13H19ClN2O3S/c1-10(17)15-11-5-7-12(8-6-11)20(18,19)16(4)13(2,3)9-14/h5-8H,9H2,1-4H3,(H,15,17). The van der Waals surface area contributed by atoms with Crippen molar-refractivity contribution in [2.75, 3.05) is 18.2 Å². The summed E-state index contributed by atoms with van der Waals surface area (Å²) in [4.78, 5) is 11.1. The number of carbonyl (C=O) groups is 1. The number of anilines is 1. The maximum atomic E-state index is 12.5. The van der Waals surface area contributed by atoms with Crippen LogP contribution in [-0.2, 0) is 14.8 Å². The summed E-state index contributed by atoms with van der Waals surface area (Å²) in [7, 11) is -2.12. The van der Waals surface area contributed by atoms with E-state index in [2.05, 4.69) is 5.32 Å². The van der Waals surface area contributed by atoms with Crippen LogP contribution in [0.25, 0.3) is 0 Å². The van der Waals surface area contributed by atoms with Gasteiger partial charge in [0, 0.05) is 31.1 Å². The highest BCUT2D eigenvalue weighted by molar-refractivity contribution is 7.89. The third kappa shape index (κ3) is 3.71. The smallest absolute Gasteiger partial charge is 0.243 e. The van der Waals surface area contributed by atoms with E-state index in [1.54, 1.807) is 26.0 Å². The van der Waals surface area contributed by atoms with Crippen LogP contribution in [0.1, 0.15) is 20.8 Å². The van der Waals surface area contributed by atoms with Crippen LogP contribution in [0.2, 0.25) is 0 Å². The van der Waals surface area contributed by atoms with Gasteiger partial charge in [-0.15, -0.1) is 11.6 Å². The Kier molecular flexibility index (Phi) is 5.18. The molecule has 0 aliphatic carbocycles. The summed E-state index contributed by atoms with van der Waals surface area (Å²) in [6.45, 7) is 4.90. The predicted molar refractivity (Wildman–Crippen MR) is 80.5 cm³/mol. The lowest BCUT2D eigenvalue weighted by Crippen LogP contribution is -2.46. The normalized spacial score (nSPS) is 12.5. The highest BCUT2D eigenvalue weighted by Gasteiger charge is 2.33. The van der Waals surface area contributed by atoms with Gasteiger partial charge >= 0.3 is 0 Å². The van der Waals surface area contributed by atoms with Crippen LogP contribution in [0.4, 0.5) is 5.69 Å². The van der Waals surface area contributed by atoms with E-state index in [1.165, 1.54) is 30.4 Å². The Hall–Kier alpha value is -1.11. The molecule has 0 radical (unpaired) electrons. The molecule has 0 aliphatic rings. The molecule has 7 heteroatoms. The first kappa shape index (κ1) is 16.9. The van der Waals surface area contributed by atoms with Crippen LogP contribution in [0.5, 0.6) is 0 Å². The summed E-state index contributed by atoms with van der Waals surface area (Å²) >= 11 is 5.81. The molecular weight excluding hydrogens is 300 g/mol. The van der Waals surface area contributed by atoms with Crippen LogP contribution >= 0.6 is 11.6 Å². The maximum Gasteiger partial charge on any atom is 0.243 e. The van der Waals surface area contributed by atoms with E-state index in [0.29, 0.717) is 5.69 Å². The first-order valence-corrected chi connectivity index (χ1v) is 8.01. The van der Waals surface area contributed by atoms with E-state index >= 15 is 0 Å². The number of rotatable bonds is 5. The lowest BCUT2D eigenvalue weighted by atomic mass is 10.1. The number of hydrogen-bond donors (Lipinski definition) is 1. The maximum absolute atomic E-state index is 12.5. The lowest BCUT2D eigenvalue weighted by Gasteiger charge is -2.32. The van der Waals surface area contributed by atoms with Gasteiger partial charge in [0.25, 0.3) is 0 Å². The molecule has 1 aromatic carbocycles. The van der Waals surface area contributed by atoms with E-state index < -0.39 is 15.6 Å². The molecule has 0 atom stereocenters. The van der Waals surface area contributed by atoms with Gasteiger partial charge in [0.1, 0.15) is 0 Å². The SMILES string of the molecule is CC(=O)Nc1ccc(S(=O)(=O)N(C)C(C)(C)CCl)cc1. The van der Waals surface area contributed by atoms with Crippen molar-refractivity contribution < 1.29 is 13.2 Å². The average molecular weight is 319 g/mol. The molecule has 0 fully saturated rings. The first-order valence-electron chi connectivity index (χ1n) is 6.04. The molecule has 0 aromatic heterocycles. The number of nitrogens with one attached hydrogen (secondary N) is 1. The minimum absolute atomic E-state index is 0.160. The fraction of sp³-hybridized carbons (Fsp3) is 0.462. The van der Waals surface area contributed by atoms with Crippen molar-refractivity contribution in [3.63, 3.8) is 0 Å². The number of carbonyl (C=O) groups excluding carboxylic acids is 1. The van der Waals surface area contributed by atoms with Crippen LogP contribution in [0.15, 0.2) is 29.2 Å². The van der Waals surface area contributed by atoms with E-state index in [4.69, 9.17) is 11.6 Å². The van der Waals surface area contributed by atoms with Gasteiger partial charge in [-0.05, 0) is 38.1 Å². The van der Waals surface area contributed by atoms with E-state index in [9.17, 15) is 13.2 Å². The molecule has 0 unspecified atom stereocenters. The topological polar surface area (TPSA) is 66.5 Å². The Balaban J connectivity index is 3.08. The fourth-order valence-corrected chi connectivity index (χ4v) is 3.24. The lowest BCUT2D eigenvalue weighted by molar-refractivity contribution is -0.114. The Morgan fingerprint density at radius 3 is 2.20 bits per heavy atom. The summed E-state index contributed by atoms with van der Waals surface area (Å²) < 4.78 is 26.2. The second kappa shape index (κ2) is 6.11. The zero-order chi connectivity index (χ0) is 15.6. The van der Waals surface area contributed by atoms with E-state index in [1.807, 2.05) is 0 Å². The summed E-state index contributed by atoms with van der Waals surface area (Å²) in [5.41, 5.74) is -0.132. The van der Waals surface area contributed by atoms with Gasteiger partial charge in [-0.3, -0.25) is 4.79 Å². The molecule has 1 N–H and O–H groups in total. The van der Waals surface area contributed by atoms with Crippen molar-refractivity contribution in [2.45, 2.75) is 31.2 Å². The molecule has 1 amide bonds. The Labute approximate surface area is 125 Å². The second-order valence-corrected chi connectivity index (χ2v) is 7.36. The van der Waals surface area contributed by atoms with Crippen molar-refractivity contribution >= 4 is 33.2 Å². The molecule has 0 aliphatic heterocycles. The molecule has 0 saturated carbocycles. The first-order chi connectivity index (χ1) is 9.11. The number of benzene rings is 1. The molecule has 1 rings (SSSR count). The number of hydrogen-bond acceptors (Lipinski definition) is 3. The van der Waals surface area contributed by atoms with Gasteiger partial charge in [0.15, 0.2) is 0 Å². The molecule has 20 heavy (non-hydrogen) atoms. The monoisotopic (exact) mass is 318 g/mol. The average Bonchev–Trinajstić information content (AvgIpc) is 2.37. The predicted octanol–water partition coefficient (Wildman–Crippen LogP) is 2.28. The summed E-state index contributed by atoms with van der Waals surface area (Å²) in [6, 6.07) is 6.02. The Morgan fingerprint density at radius 1 is 1.30 bits per heavy atom. The number of sulfonamides is 1. The number of amides is 1. The second-order valence-electron chi connectivity index (χ2n) is 5.12. The van der Waals surface area contributed by atoms with Gasteiger partial charge in [0.05, 0.1) is 4.90 Å². The van der Waals surface area contributed by atoms with Crippen molar-refractivity contribution in [2.24, 2.45) is 0 Å². The summed E-state index contributed by atoms with van der Waals surface area (Å²) in [5.74, 6) is -0.0202. The molecule has 5 nitrogen and oxygen atoms in total. The summed E-state index contributed by atoms with van der Waals surface area (Å²) in [5, 5.41) is 2.59. The highest BCUT2D eigenvalue weighted by Crippen LogP contribution is 2.24. The number of halogens is 1. The van der Waals surface area contributed by atoms with E-state index in [-0.39, 0.29) is 16.7 Å².